The summed E-state index contributed by atoms with van der Waals surface area (Å²) in [5.74, 6) is 0.524. The van der Waals surface area contributed by atoms with Crippen LogP contribution >= 0.6 is 11.3 Å². The number of likely N-dealkylation sites (N-methyl/N-ethyl adjacent to an activating group) is 1. The molecule has 0 bridgehead atoms. The quantitative estimate of drug-likeness (QED) is 0.534. The Bertz CT molecular complexity index is 1250. The van der Waals surface area contributed by atoms with E-state index in [1.807, 2.05) is 76.5 Å². The third-order valence-electron chi connectivity index (χ3n) is 6.43. The van der Waals surface area contributed by atoms with Crippen LogP contribution in [0.3, 0.4) is 0 Å². The van der Waals surface area contributed by atoms with Gasteiger partial charge in [-0.25, -0.2) is 0 Å². The van der Waals surface area contributed by atoms with Crippen molar-refractivity contribution in [3.05, 3.63) is 47.0 Å². The van der Waals surface area contributed by atoms with E-state index in [2.05, 4.69) is 16.0 Å². The van der Waals surface area contributed by atoms with Gasteiger partial charge >= 0.3 is 0 Å². The molecule has 4 rings (SSSR count). The summed E-state index contributed by atoms with van der Waals surface area (Å²) in [5, 5.41) is 5.06. The summed E-state index contributed by atoms with van der Waals surface area (Å²) in [7, 11) is 7.19. The Hall–Kier alpha value is -3.10. The Morgan fingerprint density at radius 1 is 1.14 bits per heavy atom. The van der Waals surface area contributed by atoms with Crippen LogP contribution in [0.5, 0.6) is 5.75 Å². The number of benzene rings is 1. The van der Waals surface area contributed by atoms with Crippen LogP contribution in [-0.2, 0) is 17.8 Å². The number of rotatable bonds is 6. The number of fused-ring (bicyclic) bond motifs is 3. The Morgan fingerprint density at radius 2 is 1.89 bits per heavy atom. The van der Waals surface area contributed by atoms with Crippen LogP contribution in [0.2, 0.25) is 0 Å². The van der Waals surface area contributed by atoms with Gasteiger partial charge in [-0.2, -0.15) is 0 Å². The van der Waals surface area contributed by atoms with Crippen molar-refractivity contribution in [2.45, 2.75) is 39.3 Å². The predicted octanol–water partition coefficient (Wildman–Crippen LogP) is 4.82. The lowest BCUT2D eigenvalue weighted by Gasteiger charge is -2.32. The van der Waals surface area contributed by atoms with Gasteiger partial charge in [-0.3, -0.25) is 9.59 Å². The van der Waals surface area contributed by atoms with Gasteiger partial charge in [0, 0.05) is 35.1 Å². The molecule has 1 aliphatic rings. The third-order valence-corrected chi connectivity index (χ3v) is 7.34. The highest BCUT2D eigenvalue weighted by Gasteiger charge is 2.32. The third kappa shape index (κ3) is 4.86. The van der Waals surface area contributed by atoms with E-state index in [4.69, 9.17) is 4.74 Å². The lowest BCUT2D eigenvalue weighted by atomic mass is 9.94. The standard InChI is InChI=1S/C27H34N4O3S/c1-27(2,3)30(6)26(33)21-15-19(23-9-8-12-35-23)25-18-14-20(28-24(32)16-29(4)5)22(34-7)13-17(18)10-11-31(21)25/h8-9,12-15H,10-11,16H2,1-7H3,(H,28,32). The van der Waals surface area contributed by atoms with Crippen molar-refractivity contribution in [3.63, 3.8) is 0 Å². The Labute approximate surface area is 211 Å². The number of hydrogen-bond acceptors (Lipinski definition) is 5. The zero-order chi connectivity index (χ0) is 25.5. The summed E-state index contributed by atoms with van der Waals surface area (Å²) in [5.41, 5.74) is 5.20. The van der Waals surface area contributed by atoms with E-state index in [1.165, 1.54) is 0 Å². The van der Waals surface area contributed by atoms with Crippen LogP contribution in [-0.4, -0.2) is 66.5 Å². The fourth-order valence-electron chi connectivity index (χ4n) is 4.37. The highest BCUT2D eigenvalue weighted by molar-refractivity contribution is 7.13. The van der Waals surface area contributed by atoms with E-state index in [0.717, 1.165) is 33.7 Å². The molecule has 2 aromatic heterocycles. The summed E-state index contributed by atoms with van der Waals surface area (Å²) in [6.45, 7) is 7.08. The highest BCUT2D eigenvalue weighted by Crippen LogP contribution is 2.44. The van der Waals surface area contributed by atoms with Crippen molar-refractivity contribution in [3.8, 4) is 27.4 Å². The van der Waals surface area contributed by atoms with Crippen LogP contribution in [0.15, 0.2) is 35.7 Å². The summed E-state index contributed by atoms with van der Waals surface area (Å²) in [6.07, 6.45) is 0.767. The van der Waals surface area contributed by atoms with Gasteiger partial charge in [-0.1, -0.05) is 6.07 Å². The molecular weight excluding hydrogens is 460 g/mol. The molecule has 0 fully saturated rings. The second-order valence-corrected chi connectivity index (χ2v) is 11.1. The van der Waals surface area contributed by atoms with Gasteiger partial charge in [0.05, 0.1) is 25.0 Å². The van der Waals surface area contributed by atoms with Gasteiger partial charge in [0.15, 0.2) is 0 Å². The molecule has 1 aliphatic heterocycles. The summed E-state index contributed by atoms with van der Waals surface area (Å²) in [6, 6.07) is 10.1. The van der Waals surface area contributed by atoms with Crippen molar-refractivity contribution in [2.75, 3.05) is 40.1 Å². The fourth-order valence-corrected chi connectivity index (χ4v) is 5.11. The molecule has 3 heterocycles. The normalized spacial score (nSPS) is 12.8. The van der Waals surface area contributed by atoms with Gasteiger partial charge < -0.3 is 24.4 Å². The molecule has 2 amide bonds. The first-order chi connectivity index (χ1) is 16.5. The molecule has 1 N–H and O–H groups in total. The number of thiophene rings is 1. The molecule has 0 aliphatic carbocycles. The number of amides is 2. The predicted molar refractivity (Wildman–Crippen MR) is 142 cm³/mol. The maximum Gasteiger partial charge on any atom is 0.270 e. The van der Waals surface area contributed by atoms with E-state index in [0.29, 0.717) is 23.7 Å². The molecule has 0 spiro atoms. The van der Waals surface area contributed by atoms with Crippen molar-refractivity contribution >= 4 is 28.8 Å². The van der Waals surface area contributed by atoms with Crippen LogP contribution in [0, 0.1) is 0 Å². The number of aromatic nitrogens is 1. The van der Waals surface area contributed by atoms with E-state index in [1.54, 1.807) is 23.3 Å². The highest BCUT2D eigenvalue weighted by atomic mass is 32.1. The Morgan fingerprint density at radius 3 is 2.49 bits per heavy atom. The molecule has 0 atom stereocenters. The zero-order valence-corrected chi connectivity index (χ0v) is 22.4. The minimum Gasteiger partial charge on any atom is -0.495 e. The summed E-state index contributed by atoms with van der Waals surface area (Å²) in [4.78, 5) is 30.9. The lowest BCUT2D eigenvalue weighted by Crippen LogP contribution is -2.43. The van der Waals surface area contributed by atoms with Crippen molar-refractivity contribution in [2.24, 2.45) is 0 Å². The number of anilines is 1. The molecule has 35 heavy (non-hydrogen) atoms. The fraction of sp³-hybridized carbons (Fsp3) is 0.407. The maximum atomic E-state index is 13.6. The van der Waals surface area contributed by atoms with Gasteiger partial charge in [0.1, 0.15) is 11.4 Å². The summed E-state index contributed by atoms with van der Waals surface area (Å²) < 4.78 is 7.76. The monoisotopic (exact) mass is 494 g/mol. The van der Waals surface area contributed by atoms with Crippen LogP contribution < -0.4 is 10.1 Å². The molecule has 0 radical (unpaired) electrons. The number of nitrogens with one attached hydrogen (secondary N) is 1. The molecular formula is C27H34N4O3S. The first-order valence-electron chi connectivity index (χ1n) is 11.7. The first kappa shape index (κ1) is 25.0. The minimum atomic E-state index is -0.297. The van der Waals surface area contributed by atoms with E-state index in [-0.39, 0.29) is 23.9 Å². The smallest absolute Gasteiger partial charge is 0.270 e. The molecule has 0 saturated carbocycles. The van der Waals surface area contributed by atoms with Gasteiger partial charge in [-0.05, 0) is 76.5 Å². The SMILES string of the molecule is COc1cc2c(cc1NC(=O)CN(C)C)-c1c(-c3cccs3)cc(C(=O)N(C)C(C)(C)C)n1CC2. The molecule has 7 nitrogen and oxygen atoms in total. The average molecular weight is 495 g/mol. The average Bonchev–Trinajstić information content (AvgIpc) is 3.44. The van der Waals surface area contributed by atoms with Gasteiger partial charge in [0.25, 0.3) is 5.91 Å². The molecule has 8 heteroatoms. The van der Waals surface area contributed by atoms with Crippen molar-refractivity contribution < 1.29 is 14.3 Å². The molecule has 186 valence electrons. The lowest BCUT2D eigenvalue weighted by molar-refractivity contribution is -0.116. The maximum absolute atomic E-state index is 13.6. The number of carbonyl (C=O) groups is 2. The van der Waals surface area contributed by atoms with Crippen molar-refractivity contribution in [1.29, 1.82) is 0 Å². The van der Waals surface area contributed by atoms with Gasteiger partial charge in [-0.15, -0.1) is 11.3 Å². The van der Waals surface area contributed by atoms with Crippen LogP contribution in [0.1, 0.15) is 36.8 Å². The number of nitrogens with zero attached hydrogens (tertiary/aromatic N) is 3. The topological polar surface area (TPSA) is 66.8 Å². The number of carbonyl (C=O) groups excluding carboxylic acids is 2. The van der Waals surface area contributed by atoms with Crippen LogP contribution in [0.4, 0.5) is 5.69 Å². The number of aryl methyl sites for hydroxylation is 1. The molecule has 3 aromatic rings. The number of methoxy groups -OCH3 is 1. The number of hydrogen-bond donors (Lipinski definition) is 1. The minimum absolute atomic E-state index is 0.00183. The Balaban J connectivity index is 1.88. The molecule has 0 unspecified atom stereocenters. The van der Waals surface area contributed by atoms with E-state index < -0.39 is 0 Å². The first-order valence-corrected chi connectivity index (χ1v) is 12.6. The van der Waals surface area contributed by atoms with Gasteiger partial charge in [0.2, 0.25) is 5.91 Å². The zero-order valence-electron chi connectivity index (χ0n) is 21.6. The largest absolute Gasteiger partial charge is 0.495 e. The Kier molecular flexibility index (Phi) is 6.79. The second kappa shape index (κ2) is 9.51. The molecule has 1 aromatic carbocycles. The van der Waals surface area contributed by atoms with Crippen molar-refractivity contribution in [1.82, 2.24) is 14.4 Å². The summed E-state index contributed by atoms with van der Waals surface area (Å²) >= 11 is 1.65. The molecule has 0 saturated heterocycles. The van der Waals surface area contributed by atoms with Crippen LogP contribution in [0.25, 0.3) is 21.7 Å². The number of ether oxygens (including phenoxy) is 1. The second-order valence-electron chi connectivity index (χ2n) is 10.2. The van der Waals surface area contributed by atoms with E-state index >= 15 is 0 Å². The van der Waals surface area contributed by atoms with E-state index in [9.17, 15) is 9.59 Å².